The summed E-state index contributed by atoms with van der Waals surface area (Å²) in [6.07, 6.45) is 0. The highest BCUT2D eigenvalue weighted by Gasteiger charge is 2.05. The Kier molecular flexibility index (Phi) is 7.43. The number of aromatic nitrogens is 2. The van der Waals surface area contributed by atoms with E-state index in [0.717, 1.165) is 13.2 Å². The number of nitrogens with zero attached hydrogens (tertiary/aromatic N) is 2. The van der Waals surface area contributed by atoms with Crippen molar-refractivity contribution in [3.63, 3.8) is 0 Å². The number of rotatable bonds is 10. The quantitative estimate of drug-likeness (QED) is 0.633. The van der Waals surface area contributed by atoms with Gasteiger partial charge >= 0.3 is 6.01 Å². The van der Waals surface area contributed by atoms with Gasteiger partial charge in [0, 0.05) is 13.2 Å². The van der Waals surface area contributed by atoms with E-state index in [9.17, 15) is 0 Å². The summed E-state index contributed by atoms with van der Waals surface area (Å²) in [5.41, 5.74) is 0. The van der Waals surface area contributed by atoms with Crippen molar-refractivity contribution in [2.75, 3.05) is 31.6 Å². The molecule has 6 heteroatoms. The Morgan fingerprint density at radius 2 is 1.95 bits per heavy atom. The molecular formula is C13H26N4O2. The summed E-state index contributed by atoms with van der Waals surface area (Å²) >= 11 is 0. The minimum atomic E-state index is 0.453. The van der Waals surface area contributed by atoms with E-state index < -0.39 is 0 Å². The topological polar surface area (TPSA) is 72.2 Å². The van der Waals surface area contributed by atoms with Gasteiger partial charge in [0.1, 0.15) is 0 Å². The van der Waals surface area contributed by atoms with Crippen molar-refractivity contribution in [3.05, 3.63) is 5.89 Å². The second-order valence-electron chi connectivity index (χ2n) is 5.42. The average Bonchev–Trinajstić information content (AvgIpc) is 2.76. The highest BCUT2D eigenvalue weighted by Crippen LogP contribution is 2.04. The maximum Gasteiger partial charge on any atom is 0.315 e. The van der Waals surface area contributed by atoms with Crippen molar-refractivity contribution < 1.29 is 9.15 Å². The minimum Gasteiger partial charge on any atom is -0.407 e. The van der Waals surface area contributed by atoms with Gasteiger partial charge in [-0.25, -0.2) is 0 Å². The van der Waals surface area contributed by atoms with Crippen LogP contribution in [0.25, 0.3) is 0 Å². The Bertz CT molecular complexity index is 339. The van der Waals surface area contributed by atoms with Crippen LogP contribution < -0.4 is 10.6 Å². The van der Waals surface area contributed by atoms with Crippen LogP contribution in [0.15, 0.2) is 4.42 Å². The zero-order valence-corrected chi connectivity index (χ0v) is 12.4. The summed E-state index contributed by atoms with van der Waals surface area (Å²) in [6.45, 7) is 12.2. The fraction of sp³-hybridized carbons (Fsp3) is 0.846. The van der Waals surface area contributed by atoms with E-state index in [0.29, 0.717) is 43.4 Å². The molecule has 0 fully saturated rings. The van der Waals surface area contributed by atoms with E-state index >= 15 is 0 Å². The molecule has 19 heavy (non-hydrogen) atoms. The molecule has 0 spiro atoms. The monoisotopic (exact) mass is 270 g/mol. The number of nitrogens with one attached hydrogen (secondary N) is 2. The van der Waals surface area contributed by atoms with Gasteiger partial charge < -0.3 is 19.8 Å². The predicted octanol–water partition coefficient (Wildman–Crippen LogP) is 1.90. The maximum atomic E-state index is 5.45. The Labute approximate surface area is 115 Å². The van der Waals surface area contributed by atoms with Gasteiger partial charge in [-0.3, -0.25) is 0 Å². The van der Waals surface area contributed by atoms with E-state index in [1.807, 2.05) is 0 Å². The van der Waals surface area contributed by atoms with Gasteiger partial charge in [0.2, 0.25) is 5.89 Å². The van der Waals surface area contributed by atoms with Crippen LogP contribution in [0.1, 0.15) is 33.6 Å². The Morgan fingerprint density at radius 3 is 2.63 bits per heavy atom. The van der Waals surface area contributed by atoms with E-state index in [1.54, 1.807) is 0 Å². The van der Waals surface area contributed by atoms with Crippen LogP contribution in [0, 0.1) is 11.8 Å². The normalized spacial score (nSPS) is 11.5. The van der Waals surface area contributed by atoms with Gasteiger partial charge in [0.05, 0.1) is 13.2 Å². The molecule has 1 heterocycles. The van der Waals surface area contributed by atoms with E-state index in [4.69, 9.17) is 9.15 Å². The van der Waals surface area contributed by atoms with Crippen LogP contribution >= 0.6 is 0 Å². The highest BCUT2D eigenvalue weighted by molar-refractivity contribution is 5.16. The molecule has 0 radical (unpaired) electrons. The van der Waals surface area contributed by atoms with Crippen molar-refractivity contribution in [2.24, 2.45) is 11.8 Å². The third-order valence-corrected chi connectivity index (χ3v) is 2.27. The summed E-state index contributed by atoms with van der Waals surface area (Å²) in [5, 5.41) is 14.2. The molecule has 0 atom stereocenters. The first kappa shape index (κ1) is 15.9. The maximum absolute atomic E-state index is 5.45. The molecule has 0 unspecified atom stereocenters. The van der Waals surface area contributed by atoms with Crippen molar-refractivity contribution in [2.45, 2.75) is 34.2 Å². The molecule has 0 bridgehead atoms. The van der Waals surface area contributed by atoms with Gasteiger partial charge in [0.15, 0.2) is 0 Å². The molecule has 6 nitrogen and oxygen atoms in total. The fourth-order valence-corrected chi connectivity index (χ4v) is 1.41. The van der Waals surface area contributed by atoms with Crippen molar-refractivity contribution >= 4 is 6.01 Å². The first-order valence-corrected chi connectivity index (χ1v) is 6.92. The van der Waals surface area contributed by atoms with Gasteiger partial charge in [-0.1, -0.05) is 32.8 Å². The molecule has 2 N–H and O–H groups in total. The second kappa shape index (κ2) is 8.87. The molecule has 0 amide bonds. The summed E-state index contributed by atoms with van der Waals surface area (Å²) in [5.74, 6) is 1.77. The van der Waals surface area contributed by atoms with Gasteiger partial charge in [0.25, 0.3) is 0 Å². The summed E-state index contributed by atoms with van der Waals surface area (Å²) in [6, 6.07) is 0.453. The fourth-order valence-electron chi connectivity index (χ4n) is 1.41. The highest BCUT2D eigenvalue weighted by atomic mass is 16.5. The molecule has 0 aliphatic carbocycles. The van der Waals surface area contributed by atoms with Gasteiger partial charge in [-0.05, 0) is 18.4 Å². The Balaban J connectivity index is 2.12. The first-order valence-electron chi connectivity index (χ1n) is 6.92. The largest absolute Gasteiger partial charge is 0.407 e. The molecule has 0 saturated heterocycles. The van der Waals surface area contributed by atoms with Crippen molar-refractivity contribution in [1.82, 2.24) is 15.5 Å². The average molecular weight is 270 g/mol. The molecule has 0 aromatic carbocycles. The Hall–Kier alpha value is -1.14. The molecule has 0 aliphatic heterocycles. The van der Waals surface area contributed by atoms with E-state index in [1.165, 1.54) is 0 Å². The van der Waals surface area contributed by atoms with Crippen LogP contribution in [0.3, 0.4) is 0 Å². The molecule has 1 aromatic rings. The molecule has 0 saturated carbocycles. The van der Waals surface area contributed by atoms with Crippen LogP contribution in [-0.4, -0.2) is 36.5 Å². The lowest BCUT2D eigenvalue weighted by Crippen LogP contribution is -2.19. The molecule has 1 rings (SSSR count). The van der Waals surface area contributed by atoms with Crippen molar-refractivity contribution in [1.29, 1.82) is 0 Å². The number of hydrogen-bond donors (Lipinski definition) is 2. The predicted molar refractivity (Wildman–Crippen MR) is 75.0 cm³/mol. The molecule has 110 valence electrons. The summed E-state index contributed by atoms with van der Waals surface area (Å²) in [4.78, 5) is 0. The molecule has 0 aliphatic rings. The third-order valence-electron chi connectivity index (χ3n) is 2.27. The minimum absolute atomic E-state index is 0.453. The van der Waals surface area contributed by atoms with Gasteiger partial charge in [-0.15, -0.1) is 5.10 Å². The second-order valence-corrected chi connectivity index (χ2v) is 5.42. The standard InChI is InChI=1S/C13H26N4O2/c1-10(2)7-14-8-12-16-17-13(19-12)15-5-6-18-9-11(3)4/h10-11,14H,5-9H2,1-4H3,(H,15,17). The SMILES string of the molecule is CC(C)CNCc1nnc(NCCOCC(C)C)o1. The lowest BCUT2D eigenvalue weighted by molar-refractivity contribution is 0.118. The summed E-state index contributed by atoms with van der Waals surface area (Å²) < 4.78 is 10.9. The number of hydrogen-bond acceptors (Lipinski definition) is 6. The first-order chi connectivity index (χ1) is 9.08. The van der Waals surface area contributed by atoms with E-state index in [-0.39, 0.29) is 0 Å². The van der Waals surface area contributed by atoms with Crippen molar-refractivity contribution in [3.8, 4) is 0 Å². The summed E-state index contributed by atoms with van der Waals surface area (Å²) in [7, 11) is 0. The Morgan fingerprint density at radius 1 is 1.16 bits per heavy atom. The zero-order chi connectivity index (χ0) is 14.1. The van der Waals surface area contributed by atoms with Crippen LogP contribution in [0.2, 0.25) is 0 Å². The van der Waals surface area contributed by atoms with E-state index in [2.05, 4.69) is 48.5 Å². The number of ether oxygens (including phenoxy) is 1. The van der Waals surface area contributed by atoms with Gasteiger partial charge in [-0.2, -0.15) is 0 Å². The molecule has 1 aromatic heterocycles. The molecular weight excluding hydrogens is 244 g/mol. The van der Waals surface area contributed by atoms with Crippen LogP contribution in [0.5, 0.6) is 0 Å². The smallest absolute Gasteiger partial charge is 0.315 e. The lowest BCUT2D eigenvalue weighted by Gasteiger charge is -2.06. The number of anilines is 1. The zero-order valence-electron chi connectivity index (χ0n) is 12.4. The lowest BCUT2D eigenvalue weighted by atomic mass is 10.2. The van der Waals surface area contributed by atoms with Crippen LogP contribution in [0.4, 0.5) is 6.01 Å². The van der Waals surface area contributed by atoms with Crippen LogP contribution in [-0.2, 0) is 11.3 Å². The third kappa shape index (κ3) is 7.79.